The normalized spacial score (nSPS) is 10.3. The Hall–Kier alpha value is -1.85. The molecular formula is C13H8Cl2FNO3. The van der Waals surface area contributed by atoms with Crippen molar-refractivity contribution >= 4 is 28.9 Å². The highest BCUT2D eigenvalue weighted by Gasteiger charge is 2.11. The molecule has 7 heteroatoms. The molecule has 0 saturated heterocycles. The minimum Gasteiger partial charge on any atom is -0.487 e. The fraction of sp³-hybridized carbons (Fsp3) is 0.0769. The summed E-state index contributed by atoms with van der Waals surface area (Å²) >= 11 is 11.4. The van der Waals surface area contributed by atoms with Crippen molar-refractivity contribution in [2.75, 3.05) is 0 Å². The number of nitro benzene ring substituents is 1. The summed E-state index contributed by atoms with van der Waals surface area (Å²) in [4.78, 5) is 10.1. The van der Waals surface area contributed by atoms with Crippen LogP contribution in [0.15, 0.2) is 36.4 Å². The number of hydrogen-bond donors (Lipinski definition) is 0. The fourth-order valence-corrected chi connectivity index (χ4v) is 1.80. The maximum absolute atomic E-state index is 13.3. The van der Waals surface area contributed by atoms with Crippen molar-refractivity contribution in [1.82, 2.24) is 0 Å². The molecule has 4 nitrogen and oxygen atoms in total. The third kappa shape index (κ3) is 3.37. The van der Waals surface area contributed by atoms with E-state index in [0.29, 0.717) is 5.56 Å². The second kappa shape index (κ2) is 6.07. The van der Waals surface area contributed by atoms with Gasteiger partial charge in [0.15, 0.2) is 0 Å². The molecule has 0 aliphatic rings. The number of halogens is 3. The quantitative estimate of drug-likeness (QED) is 0.611. The van der Waals surface area contributed by atoms with Gasteiger partial charge in [-0.1, -0.05) is 29.3 Å². The molecule has 0 unspecified atom stereocenters. The van der Waals surface area contributed by atoms with Crippen LogP contribution < -0.4 is 4.74 Å². The first-order valence-electron chi connectivity index (χ1n) is 5.48. The zero-order valence-corrected chi connectivity index (χ0v) is 11.5. The molecular weight excluding hydrogens is 308 g/mol. The van der Waals surface area contributed by atoms with Gasteiger partial charge in [0.05, 0.1) is 21.0 Å². The van der Waals surface area contributed by atoms with Gasteiger partial charge in [-0.25, -0.2) is 4.39 Å². The number of hydrogen-bond acceptors (Lipinski definition) is 3. The van der Waals surface area contributed by atoms with Crippen LogP contribution in [0.3, 0.4) is 0 Å². The molecule has 0 atom stereocenters. The maximum Gasteiger partial charge on any atom is 0.273 e. The fourth-order valence-electron chi connectivity index (χ4n) is 1.51. The van der Waals surface area contributed by atoms with Crippen LogP contribution in [0.5, 0.6) is 5.75 Å². The summed E-state index contributed by atoms with van der Waals surface area (Å²) in [6.45, 7) is 0.0228. The Bertz CT molecular complexity index is 664. The number of nitro groups is 1. The highest BCUT2D eigenvalue weighted by Crippen LogP contribution is 2.29. The van der Waals surface area contributed by atoms with Crippen molar-refractivity contribution in [3.05, 3.63) is 67.9 Å². The molecule has 2 aromatic rings. The summed E-state index contributed by atoms with van der Waals surface area (Å²) in [5.74, 6) is -0.394. The average molecular weight is 316 g/mol. The van der Waals surface area contributed by atoms with E-state index in [0.717, 1.165) is 0 Å². The predicted octanol–water partition coefficient (Wildman–Crippen LogP) is 4.62. The lowest BCUT2D eigenvalue weighted by Crippen LogP contribution is -1.98. The standard InChI is InChI=1S/C13H8Cl2FNO3/c14-10-3-1-8(5-12(10)16)7-20-13-6-9(17(18)19)2-4-11(13)15/h1-6H,7H2. The summed E-state index contributed by atoms with van der Waals surface area (Å²) < 4.78 is 18.6. The van der Waals surface area contributed by atoms with E-state index in [4.69, 9.17) is 27.9 Å². The molecule has 0 radical (unpaired) electrons. The van der Waals surface area contributed by atoms with Crippen LogP contribution in [0.1, 0.15) is 5.56 Å². The largest absolute Gasteiger partial charge is 0.487 e. The molecule has 0 aromatic heterocycles. The van der Waals surface area contributed by atoms with Crippen LogP contribution in [-0.2, 0) is 6.61 Å². The molecule has 104 valence electrons. The number of nitrogens with zero attached hydrogens (tertiary/aromatic N) is 1. The van der Waals surface area contributed by atoms with Crippen molar-refractivity contribution in [3.8, 4) is 5.75 Å². The van der Waals surface area contributed by atoms with E-state index >= 15 is 0 Å². The van der Waals surface area contributed by atoms with E-state index in [2.05, 4.69) is 0 Å². The van der Waals surface area contributed by atoms with Crippen molar-refractivity contribution < 1.29 is 14.1 Å². The molecule has 0 aliphatic carbocycles. The van der Waals surface area contributed by atoms with E-state index in [1.807, 2.05) is 0 Å². The van der Waals surface area contributed by atoms with E-state index in [-0.39, 0.29) is 28.1 Å². The van der Waals surface area contributed by atoms with Gasteiger partial charge in [0.1, 0.15) is 18.2 Å². The lowest BCUT2D eigenvalue weighted by molar-refractivity contribution is -0.384. The third-order valence-electron chi connectivity index (χ3n) is 2.50. The number of non-ortho nitro benzene ring substituents is 1. The van der Waals surface area contributed by atoms with Gasteiger partial charge in [-0.3, -0.25) is 10.1 Å². The van der Waals surface area contributed by atoms with Crippen molar-refractivity contribution in [2.24, 2.45) is 0 Å². The summed E-state index contributed by atoms with van der Waals surface area (Å²) in [5, 5.41) is 10.9. The zero-order chi connectivity index (χ0) is 14.7. The topological polar surface area (TPSA) is 52.4 Å². The van der Waals surface area contributed by atoms with Gasteiger partial charge in [-0.15, -0.1) is 0 Å². The summed E-state index contributed by atoms with van der Waals surface area (Å²) in [7, 11) is 0. The second-order valence-corrected chi connectivity index (χ2v) is 4.72. The minimum absolute atomic E-state index is 0.0159. The van der Waals surface area contributed by atoms with Gasteiger partial charge in [0, 0.05) is 6.07 Å². The molecule has 2 aromatic carbocycles. The monoisotopic (exact) mass is 315 g/mol. The maximum atomic E-state index is 13.3. The molecule has 0 heterocycles. The van der Waals surface area contributed by atoms with Crippen LogP contribution in [0.25, 0.3) is 0 Å². The average Bonchev–Trinajstić information content (AvgIpc) is 2.41. The van der Waals surface area contributed by atoms with Crippen molar-refractivity contribution in [2.45, 2.75) is 6.61 Å². The first kappa shape index (κ1) is 14.6. The number of benzene rings is 2. The van der Waals surface area contributed by atoms with E-state index in [1.165, 1.54) is 30.3 Å². The van der Waals surface area contributed by atoms with E-state index in [1.54, 1.807) is 6.07 Å². The molecule has 2 rings (SSSR count). The van der Waals surface area contributed by atoms with Gasteiger partial charge >= 0.3 is 0 Å². The Kier molecular flexibility index (Phi) is 4.42. The Morgan fingerprint density at radius 2 is 1.85 bits per heavy atom. The molecule has 0 amide bonds. The second-order valence-electron chi connectivity index (χ2n) is 3.91. The zero-order valence-electron chi connectivity index (χ0n) is 9.98. The highest BCUT2D eigenvalue weighted by molar-refractivity contribution is 6.32. The Morgan fingerprint density at radius 1 is 1.15 bits per heavy atom. The predicted molar refractivity (Wildman–Crippen MR) is 73.8 cm³/mol. The van der Waals surface area contributed by atoms with Crippen molar-refractivity contribution in [1.29, 1.82) is 0 Å². The van der Waals surface area contributed by atoms with Gasteiger partial charge < -0.3 is 4.74 Å². The van der Waals surface area contributed by atoms with Crippen LogP contribution in [-0.4, -0.2) is 4.92 Å². The SMILES string of the molecule is O=[N+]([O-])c1ccc(Cl)c(OCc2ccc(Cl)c(F)c2)c1. The minimum atomic E-state index is -0.557. The van der Waals surface area contributed by atoms with Crippen LogP contribution in [0.4, 0.5) is 10.1 Å². The molecule has 0 bridgehead atoms. The lowest BCUT2D eigenvalue weighted by Gasteiger charge is -2.08. The highest BCUT2D eigenvalue weighted by atomic mass is 35.5. The van der Waals surface area contributed by atoms with Crippen LogP contribution in [0.2, 0.25) is 10.0 Å². The molecule has 0 saturated carbocycles. The summed E-state index contributed by atoms with van der Waals surface area (Å²) in [6.07, 6.45) is 0. The van der Waals surface area contributed by atoms with E-state index in [9.17, 15) is 14.5 Å². The Morgan fingerprint density at radius 3 is 2.50 bits per heavy atom. The Balaban J connectivity index is 2.15. The lowest BCUT2D eigenvalue weighted by atomic mass is 10.2. The van der Waals surface area contributed by atoms with Crippen molar-refractivity contribution in [3.63, 3.8) is 0 Å². The summed E-state index contributed by atoms with van der Waals surface area (Å²) in [5.41, 5.74) is 0.404. The molecule has 0 spiro atoms. The third-order valence-corrected chi connectivity index (χ3v) is 3.12. The Labute approximate surface area is 123 Å². The first-order valence-corrected chi connectivity index (χ1v) is 6.23. The van der Waals surface area contributed by atoms with Crippen LogP contribution >= 0.6 is 23.2 Å². The number of ether oxygens (including phenoxy) is 1. The molecule has 0 aliphatic heterocycles. The molecule has 0 N–H and O–H groups in total. The van der Waals surface area contributed by atoms with Crippen LogP contribution in [0, 0.1) is 15.9 Å². The van der Waals surface area contributed by atoms with Gasteiger partial charge in [0.2, 0.25) is 0 Å². The van der Waals surface area contributed by atoms with Gasteiger partial charge in [-0.2, -0.15) is 0 Å². The summed E-state index contributed by atoms with van der Waals surface area (Å²) in [6, 6.07) is 8.10. The first-order chi connectivity index (χ1) is 9.47. The smallest absolute Gasteiger partial charge is 0.273 e. The molecule has 0 fully saturated rings. The number of rotatable bonds is 4. The molecule has 20 heavy (non-hydrogen) atoms. The van der Waals surface area contributed by atoms with Gasteiger partial charge in [-0.05, 0) is 23.8 Å². The van der Waals surface area contributed by atoms with E-state index < -0.39 is 10.7 Å². The van der Waals surface area contributed by atoms with Gasteiger partial charge in [0.25, 0.3) is 5.69 Å².